The second-order valence-electron chi connectivity index (χ2n) is 5.00. The van der Waals surface area contributed by atoms with Crippen LogP contribution >= 0.6 is 30.8 Å². The maximum absolute atomic E-state index is 12.0. The van der Waals surface area contributed by atoms with Crippen molar-refractivity contribution in [2.24, 2.45) is 21.6 Å². The minimum Gasteiger partial charge on any atom is -0.368 e. The van der Waals surface area contributed by atoms with Gasteiger partial charge in [0.2, 0.25) is 5.96 Å². The molecule has 0 bridgehead atoms. The van der Waals surface area contributed by atoms with Crippen molar-refractivity contribution in [1.82, 2.24) is 4.90 Å². The number of carbonyl (C=O) groups is 1. The minimum absolute atomic E-state index is 0.0579. The van der Waals surface area contributed by atoms with Gasteiger partial charge in [0.25, 0.3) is 5.91 Å². The van der Waals surface area contributed by atoms with Gasteiger partial charge in [0.05, 0.1) is 12.7 Å². The fourth-order valence-corrected chi connectivity index (χ4v) is 3.80. The van der Waals surface area contributed by atoms with E-state index in [1.54, 1.807) is 11.1 Å². The summed E-state index contributed by atoms with van der Waals surface area (Å²) >= 11 is 2.08. The summed E-state index contributed by atoms with van der Waals surface area (Å²) in [6.45, 7) is 0.0673. The standard InChI is InChI=1S/C11H14IN4O5P/c12-6-3-16(9-8(6)10(17)15-11(13)14-9)7-2-1-5(21-7)4-20-22(18)19/h3,5,7-8,22H,1-2,4H2,(H,18,19)(H2,13,15,17)/t5-,7+,8?/m0/s1. The monoisotopic (exact) mass is 440 g/mol. The van der Waals surface area contributed by atoms with Crippen LogP contribution in [0.25, 0.3) is 0 Å². The molecule has 0 aliphatic carbocycles. The van der Waals surface area contributed by atoms with E-state index in [4.69, 9.17) is 19.9 Å². The zero-order valence-electron chi connectivity index (χ0n) is 11.3. The summed E-state index contributed by atoms with van der Waals surface area (Å²) < 4.78 is 21.9. The van der Waals surface area contributed by atoms with E-state index in [0.29, 0.717) is 18.7 Å². The number of aliphatic imine (C=N–C) groups is 2. The predicted molar refractivity (Wildman–Crippen MR) is 86.6 cm³/mol. The Labute approximate surface area is 140 Å². The Bertz CT molecular complexity index is 622. The van der Waals surface area contributed by atoms with Crippen molar-refractivity contribution in [3.8, 4) is 0 Å². The third-order valence-electron chi connectivity index (χ3n) is 3.55. The first-order valence-electron chi connectivity index (χ1n) is 6.59. The summed E-state index contributed by atoms with van der Waals surface area (Å²) in [4.78, 5) is 30.3. The van der Waals surface area contributed by atoms with Crippen molar-refractivity contribution in [3.63, 3.8) is 0 Å². The van der Waals surface area contributed by atoms with Gasteiger partial charge in [-0.05, 0) is 35.4 Å². The Hall–Kier alpha value is -0.810. The quantitative estimate of drug-likeness (QED) is 0.477. The van der Waals surface area contributed by atoms with Crippen molar-refractivity contribution in [3.05, 3.63) is 9.78 Å². The lowest BCUT2D eigenvalue weighted by Crippen LogP contribution is -2.41. The third kappa shape index (κ3) is 3.11. The molecule has 2 unspecified atom stereocenters. The van der Waals surface area contributed by atoms with Gasteiger partial charge in [0.15, 0.2) is 0 Å². The van der Waals surface area contributed by atoms with E-state index in [1.165, 1.54) is 0 Å². The Morgan fingerprint density at radius 2 is 2.32 bits per heavy atom. The van der Waals surface area contributed by atoms with Crippen molar-refractivity contribution >= 4 is 48.5 Å². The molecular formula is C11H14IN4O5P. The number of nitrogens with two attached hydrogens (primary N) is 1. The normalized spacial score (nSPS) is 32.5. The lowest BCUT2D eigenvalue weighted by Gasteiger charge is -2.27. The first-order valence-corrected chi connectivity index (χ1v) is 8.93. The molecule has 3 aliphatic heterocycles. The van der Waals surface area contributed by atoms with E-state index in [9.17, 15) is 9.36 Å². The summed E-state index contributed by atoms with van der Waals surface area (Å²) in [5, 5.41) is 0. The molecule has 1 saturated heterocycles. The molecule has 1 fully saturated rings. The van der Waals surface area contributed by atoms with E-state index in [2.05, 4.69) is 32.6 Å². The highest BCUT2D eigenvalue weighted by atomic mass is 127. The average molecular weight is 440 g/mol. The van der Waals surface area contributed by atoms with Gasteiger partial charge in [-0.25, -0.2) is 0 Å². The van der Waals surface area contributed by atoms with Crippen molar-refractivity contribution in [2.45, 2.75) is 25.2 Å². The molecule has 0 aromatic rings. The fourth-order valence-electron chi connectivity index (χ4n) is 2.63. The number of carbonyl (C=O) groups excluding carboxylic acids is 1. The number of amidine groups is 1. The highest BCUT2D eigenvalue weighted by Crippen LogP contribution is 2.36. The van der Waals surface area contributed by atoms with Gasteiger partial charge in [-0.3, -0.25) is 9.36 Å². The lowest BCUT2D eigenvalue weighted by atomic mass is 10.1. The maximum atomic E-state index is 12.0. The largest absolute Gasteiger partial charge is 0.368 e. The van der Waals surface area contributed by atoms with E-state index in [0.717, 1.165) is 3.58 Å². The molecule has 0 radical (unpaired) electrons. The zero-order valence-corrected chi connectivity index (χ0v) is 14.5. The van der Waals surface area contributed by atoms with Crippen LogP contribution in [0.2, 0.25) is 0 Å². The lowest BCUT2D eigenvalue weighted by molar-refractivity contribution is -0.118. The number of ether oxygens (including phenoxy) is 1. The molecule has 120 valence electrons. The molecule has 9 nitrogen and oxygen atoms in total. The van der Waals surface area contributed by atoms with Crippen molar-refractivity contribution in [2.75, 3.05) is 6.61 Å². The summed E-state index contributed by atoms with van der Waals surface area (Å²) in [6.07, 6.45) is 2.62. The van der Waals surface area contributed by atoms with Gasteiger partial charge in [0, 0.05) is 9.78 Å². The first kappa shape index (κ1) is 16.1. The van der Waals surface area contributed by atoms with Crippen LogP contribution in [-0.2, 0) is 18.6 Å². The van der Waals surface area contributed by atoms with Crippen LogP contribution in [0.4, 0.5) is 0 Å². The van der Waals surface area contributed by atoms with E-state index < -0.39 is 14.2 Å². The van der Waals surface area contributed by atoms with E-state index >= 15 is 0 Å². The Balaban J connectivity index is 1.72. The number of hydrogen-bond donors (Lipinski definition) is 2. The second-order valence-corrected chi connectivity index (χ2v) is 7.07. The van der Waals surface area contributed by atoms with Crippen molar-refractivity contribution in [1.29, 1.82) is 0 Å². The molecule has 0 aromatic heterocycles. The Morgan fingerprint density at radius 3 is 3.05 bits per heavy atom. The smallest absolute Gasteiger partial charge is 0.316 e. The number of hydrogen-bond acceptors (Lipinski definition) is 7. The number of fused-ring (bicyclic) bond motifs is 1. The zero-order chi connectivity index (χ0) is 15.9. The summed E-state index contributed by atoms with van der Waals surface area (Å²) in [5.41, 5.74) is 5.57. The summed E-state index contributed by atoms with van der Waals surface area (Å²) in [7, 11) is -2.96. The molecule has 0 aromatic carbocycles. The van der Waals surface area contributed by atoms with Crippen LogP contribution in [0.1, 0.15) is 12.8 Å². The molecule has 1 amide bonds. The van der Waals surface area contributed by atoms with Gasteiger partial charge in [-0.1, -0.05) is 0 Å². The molecular weight excluding hydrogens is 426 g/mol. The number of halogens is 1. The molecule has 3 aliphatic rings. The number of guanidine groups is 1. The van der Waals surface area contributed by atoms with Crippen LogP contribution < -0.4 is 5.73 Å². The third-order valence-corrected chi connectivity index (χ3v) is 4.86. The topological polar surface area (TPSA) is 127 Å². The second kappa shape index (κ2) is 6.36. The van der Waals surface area contributed by atoms with E-state index in [1.807, 2.05) is 0 Å². The summed E-state index contributed by atoms with van der Waals surface area (Å²) in [6, 6.07) is 0. The minimum atomic E-state index is -2.96. The molecule has 0 spiro atoms. The SMILES string of the molecule is NC1=NC(=O)C2C(I)=CN([C@H]3CC[C@@H](CO[PH](=O)O)O3)C2=N1. The Morgan fingerprint density at radius 1 is 1.55 bits per heavy atom. The van der Waals surface area contributed by atoms with Gasteiger partial charge in [-0.15, -0.1) is 0 Å². The first-order chi connectivity index (χ1) is 10.5. The molecule has 3 heterocycles. The molecule has 11 heteroatoms. The fraction of sp³-hybridized carbons (Fsp3) is 0.545. The van der Waals surface area contributed by atoms with Gasteiger partial charge >= 0.3 is 8.25 Å². The number of amides is 1. The Kier molecular flexibility index (Phi) is 4.64. The van der Waals surface area contributed by atoms with E-state index in [-0.39, 0.29) is 30.8 Å². The van der Waals surface area contributed by atoms with Gasteiger partial charge in [-0.2, -0.15) is 9.98 Å². The van der Waals surface area contributed by atoms with Crippen LogP contribution in [0, 0.1) is 5.92 Å². The summed E-state index contributed by atoms with van der Waals surface area (Å²) in [5.74, 6) is -0.384. The van der Waals surface area contributed by atoms with Crippen LogP contribution in [0.15, 0.2) is 19.8 Å². The van der Waals surface area contributed by atoms with Gasteiger partial charge in [0.1, 0.15) is 18.0 Å². The van der Waals surface area contributed by atoms with Crippen LogP contribution in [-0.4, -0.2) is 46.4 Å². The molecule has 3 N–H and O–H groups in total. The number of rotatable bonds is 4. The molecule has 0 saturated carbocycles. The predicted octanol–water partition coefficient (Wildman–Crippen LogP) is 0.352. The maximum Gasteiger partial charge on any atom is 0.316 e. The number of nitrogens with zero attached hydrogens (tertiary/aromatic N) is 3. The van der Waals surface area contributed by atoms with Gasteiger partial charge < -0.3 is 24.8 Å². The van der Waals surface area contributed by atoms with Crippen molar-refractivity contribution < 1.29 is 23.5 Å². The average Bonchev–Trinajstić information content (AvgIpc) is 3.01. The van der Waals surface area contributed by atoms with Crippen LogP contribution in [0.3, 0.4) is 0 Å². The highest BCUT2D eigenvalue weighted by molar-refractivity contribution is 14.1. The van der Waals surface area contributed by atoms with Crippen LogP contribution in [0.5, 0.6) is 0 Å². The molecule has 4 atom stereocenters. The highest BCUT2D eigenvalue weighted by Gasteiger charge is 2.43. The molecule has 22 heavy (non-hydrogen) atoms. The molecule has 3 rings (SSSR count).